The third-order valence-corrected chi connectivity index (χ3v) is 13.1. The maximum absolute atomic E-state index is 13.2. The standard InChI is InChI=1S/C41H51N3O5/c1-26-36-22-37-35(15-12-30-20-33(16-18-40(30,37)3)48-24-28-8-6-5-7-9-28)34(36)17-19-41(26)27(2)39(43-44-42)38(49-41)21-31(45)25-47-23-29-10-13-32(46-4)14-11-29/h5-14,27,33-35,37-39H,15-25H2,1-4H3/t27-,33+,34+,35+,37+,38-,39+,40+,41+/m1/s1. The Kier molecular flexibility index (Phi) is 9.77. The van der Waals surface area contributed by atoms with Gasteiger partial charge in [0.25, 0.3) is 0 Å². The third kappa shape index (κ3) is 6.38. The molecule has 260 valence electrons. The van der Waals surface area contributed by atoms with Gasteiger partial charge in [0.2, 0.25) is 0 Å². The van der Waals surface area contributed by atoms with E-state index in [-0.39, 0.29) is 36.2 Å². The van der Waals surface area contributed by atoms with Crippen LogP contribution >= 0.6 is 0 Å². The average Bonchev–Trinajstić information content (AvgIpc) is 3.63. The van der Waals surface area contributed by atoms with Crippen LogP contribution in [0.15, 0.2) is 82.5 Å². The van der Waals surface area contributed by atoms with Gasteiger partial charge in [-0.2, -0.15) is 0 Å². The van der Waals surface area contributed by atoms with E-state index >= 15 is 0 Å². The zero-order valence-electron chi connectivity index (χ0n) is 29.5. The van der Waals surface area contributed by atoms with Gasteiger partial charge in [-0.1, -0.05) is 78.6 Å². The number of methoxy groups -OCH3 is 1. The minimum absolute atomic E-state index is 0.00612. The van der Waals surface area contributed by atoms with Crippen LogP contribution in [-0.2, 0) is 32.2 Å². The molecule has 49 heavy (non-hydrogen) atoms. The van der Waals surface area contributed by atoms with Crippen molar-refractivity contribution in [3.8, 4) is 5.75 Å². The molecular formula is C41H51N3O5. The highest BCUT2D eigenvalue weighted by atomic mass is 16.5. The summed E-state index contributed by atoms with van der Waals surface area (Å²) >= 11 is 0. The predicted molar refractivity (Wildman–Crippen MR) is 189 cm³/mol. The summed E-state index contributed by atoms with van der Waals surface area (Å²) in [6.45, 7) is 7.97. The lowest BCUT2D eigenvalue weighted by Gasteiger charge is -2.49. The number of nitrogens with zero attached hydrogens (tertiary/aromatic N) is 3. The Balaban J connectivity index is 1.02. The van der Waals surface area contributed by atoms with Crippen molar-refractivity contribution in [2.24, 2.45) is 34.2 Å². The second kappa shape index (κ2) is 14.1. The molecule has 0 aromatic heterocycles. The van der Waals surface area contributed by atoms with Gasteiger partial charge < -0.3 is 18.9 Å². The highest BCUT2D eigenvalue weighted by Gasteiger charge is 2.60. The van der Waals surface area contributed by atoms with Crippen molar-refractivity contribution in [1.82, 2.24) is 0 Å². The first-order valence-electron chi connectivity index (χ1n) is 18.2. The molecule has 0 amide bonds. The quantitative estimate of drug-likeness (QED) is 0.103. The van der Waals surface area contributed by atoms with Crippen LogP contribution in [0.5, 0.6) is 5.75 Å². The zero-order chi connectivity index (χ0) is 34.2. The molecule has 5 aliphatic rings. The maximum Gasteiger partial charge on any atom is 0.161 e. The average molecular weight is 666 g/mol. The molecular weight excluding hydrogens is 614 g/mol. The van der Waals surface area contributed by atoms with Gasteiger partial charge >= 0.3 is 0 Å². The van der Waals surface area contributed by atoms with Crippen molar-refractivity contribution in [1.29, 1.82) is 0 Å². The Morgan fingerprint density at radius 3 is 2.57 bits per heavy atom. The van der Waals surface area contributed by atoms with Gasteiger partial charge in [0.15, 0.2) is 5.78 Å². The summed E-state index contributed by atoms with van der Waals surface area (Å²) in [5.41, 5.74) is 16.0. The number of rotatable bonds is 11. The van der Waals surface area contributed by atoms with E-state index in [1.165, 1.54) is 17.6 Å². The van der Waals surface area contributed by atoms with E-state index in [1.54, 1.807) is 18.3 Å². The van der Waals surface area contributed by atoms with Crippen LogP contribution in [0.25, 0.3) is 10.4 Å². The number of allylic oxidation sites excluding steroid dienone is 2. The van der Waals surface area contributed by atoms with Gasteiger partial charge in [-0.25, -0.2) is 0 Å². The Morgan fingerprint density at radius 2 is 1.82 bits per heavy atom. The number of Topliss-reactive ketones (excluding diaryl/α,β-unsaturated/α-hetero) is 1. The number of carbonyl (C=O) groups excluding carboxylic acids is 1. The molecule has 1 spiro atoms. The fourth-order valence-corrected chi connectivity index (χ4v) is 10.3. The van der Waals surface area contributed by atoms with Gasteiger partial charge in [-0.15, -0.1) is 0 Å². The molecule has 4 aliphatic carbocycles. The van der Waals surface area contributed by atoms with Gasteiger partial charge in [0.1, 0.15) is 12.4 Å². The molecule has 2 aromatic rings. The van der Waals surface area contributed by atoms with Gasteiger partial charge in [-0.3, -0.25) is 4.79 Å². The molecule has 1 heterocycles. The van der Waals surface area contributed by atoms with Crippen molar-refractivity contribution >= 4 is 5.78 Å². The fraction of sp³-hybridized carbons (Fsp3) is 0.585. The smallest absolute Gasteiger partial charge is 0.161 e. The maximum atomic E-state index is 13.2. The van der Waals surface area contributed by atoms with E-state index in [4.69, 9.17) is 18.9 Å². The van der Waals surface area contributed by atoms with Crippen molar-refractivity contribution in [3.63, 3.8) is 0 Å². The molecule has 2 saturated carbocycles. The molecule has 1 saturated heterocycles. The number of ketones is 1. The van der Waals surface area contributed by atoms with E-state index < -0.39 is 17.7 Å². The summed E-state index contributed by atoms with van der Waals surface area (Å²) in [6.07, 6.45) is 10.1. The number of azide groups is 1. The van der Waals surface area contributed by atoms with Crippen LogP contribution in [0, 0.1) is 29.1 Å². The Labute approximate surface area is 290 Å². The summed E-state index contributed by atoms with van der Waals surface area (Å²) in [7, 11) is 1.64. The van der Waals surface area contributed by atoms with E-state index in [1.807, 2.05) is 24.3 Å². The highest BCUT2D eigenvalue weighted by Crippen LogP contribution is 2.65. The summed E-state index contributed by atoms with van der Waals surface area (Å²) in [4.78, 5) is 16.4. The fourth-order valence-electron chi connectivity index (χ4n) is 10.3. The first kappa shape index (κ1) is 34.0. The summed E-state index contributed by atoms with van der Waals surface area (Å²) < 4.78 is 24.4. The lowest BCUT2D eigenvalue weighted by atomic mass is 9.56. The Morgan fingerprint density at radius 1 is 1.04 bits per heavy atom. The number of carbonyl (C=O) groups is 1. The lowest BCUT2D eigenvalue weighted by molar-refractivity contribution is -0.128. The topological polar surface area (TPSA) is 103 Å². The highest BCUT2D eigenvalue weighted by molar-refractivity contribution is 5.80. The molecule has 2 aromatic carbocycles. The summed E-state index contributed by atoms with van der Waals surface area (Å²) in [5.74, 6) is 2.57. The first-order valence-corrected chi connectivity index (χ1v) is 18.2. The molecule has 0 N–H and O–H groups in total. The van der Waals surface area contributed by atoms with Crippen molar-refractivity contribution in [2.45, 2.75) is 109 Å². The van der Waals surface area contributed by atoms with Crippen LogP contribution in [0.2, 0.25) is 0 Å². The van der Waals surface area contributed by atoms with Crippen LogP contribution in [0.3, 0.4) is 0 Å². The molecule has 0 bridgehead atoms. The summed E-state index contributed by atoms with van der Waals surface area (Å²) in [6, 6.07) is 17.7. The molecule has 0 radical (unpaired) electrons. The number of ether oxygens (including phenoxy) is 4. The first-order chi connectivity index (χ1) is 23.8. The molecule has 3 fully saturated rings. The molecule has 7 rings (SSSR count). The number of hydrogen-bond acceptors (Lipinski definition) is 6. The monoisotopic (exact) mass is 665 g/mol. The van der Waals surface area contributed by atoms with E-state index in [2.05, 4.69) is 67.2 Å². The van der Waals surface area contributed by atoms with Gasteiger partial charge in [0.05, 0.1) is 44.2 Å². The molecule has 8 nitrogen and oxygen atoms in total. The minimum Gasteiger partial charge on any atom is -0.497 e. The van der Waals surface area contributed by atoms with Crippen molar-refractivity contribution in [3.05, 3.63) is 99.0 Å². The second-order valence-electron chi connectivity index (χ2n) is 15.4. The molecule has 1 aliphatic heterocycles. The number of hydrogen-bond donors (Lipinski definition) is 0. The lowest BCUT2D eigenvalue weighted by Crippen LogP contribution is -2.43. The molecule has 9 atom stereocenters. The molecule has 0 unspecified atom stereocenters. The third-order valence-electron chi connectivity index (χ3n) is 13.1. The minimum atomic E-state index is -0.507. The van der Waals surface area contributed by atoms with Crippen LogP contribution < -0.4 is 4.74 Å². The normalized spacial score (nSPS) is 34.9. The largest absolute Gasteiger partial charge is 0.497 e. The Bertz CT molecular complexity index is 1630. The van der Waals surface area contributed by atoms with Crippen LogP contribution in [-0.4, -0.2) is 43.4 Å². The van der Waals surface area contributed by atoms with Gasteiger partial charge in [0, 0.05) is 11.3 Å². The number of fused-ring (bicyclic) bond motifs is 5. The predicted octanol–water partition coefficient (Wildman–Crippen LogP) is 9.09. The van der Waals surface area contributed by atoms with Crippen molar-refractivity contribution < 1.29 is 23.7 Å². The summed E-state index contributed by atoms with van der Waals surface area (Å²) in [5, 5.41) is 4.24. The SMILES string of the molecule is COc1ccc(COCC(=O)C[C@H]2O[C@]3(CC[C@@H]4C(=C3C)C[C@H]3[C@H]4CC=C4C[C@@H](OCc5ccccc5)CC[C@@]43C)[C@H](C)[C@@H]2N=[N+]=[N-])cc1. The second-order valence-corrected chi connectivity index (χ2v) is 15.4. The Hall–Kier alpha value is -3.42. The van der Waals surface area contributed by atoms with E-state index in [0.717, 1.165) is 49.8 Å². The number of benzene rings is 2. The zero-order valence-corrected chi connectivity index (χ0v) is 29.5. The molecule has 8 heteroatoms. The van der Waals surface area contributed by atoms with Gasteiger partial charge in [-0.05, 0) is 115 Å². The van der Waals surface area contributed by atoms with E-state index in [9.17, 15) is 10.3 Å². The van der Waals surface area contributed by atoms with Crippen LogP contribution in [0.4, 0.5) is 0 Å². The van der Waals surface area contributed by atoms with Crippen LogP contribution in [0.1, 0.15) is 83.3 Å². The van der Waals surface area contributed by atoms with E-state index in [0.29, 0.717) is 31.0 Å². The van der Waals surface area contributed by atoms with Crippen molar-refractivity contribution in [2.75, 3.05) is 13.7 Å².